The second-order valence-electron chi connectivity index (χ2n) is 6.38. The summed E-state index contributed by atoms with van der Waals surface area (Å²) < 4.78 is 28.5. The van der Waals surface area contributed by atoms with Gasteiger partial charge >= 0.3 is 0 Å². The third-order valence-electron chi connectivity index (χ3n) is 4.52. The van der Waals surface area contributed by atoms with Crippen molar-refractivity contribution in [1.29, 1.82) is 0 Å². The molecule has 1 unspecified atom stereocenters. The fourth-order valence-electron chi connectivity index (χ4n) is 2.97. The number of likely N-dealkylation sites (N-methyl/N-ethyl adjacent to an activating group) is 1. The van der Waals surface area contributed by atoms with Crippen LogP contribution in [0.4, 0.5) is 8.78 Å². The molecule has 0 spiro atoms. The highest BCUT2D eigenvalue weighted by Crippen LogP contribution is 2.34. The van der Waals surface area contributed by atoms with Gasteiger partial charge in [0.2, 0.25) is 5.91 Å². The summed E-state index contributed by atoms with van der Waals surface area (Å²) >= 11 is 0. The molecule has 2 aromatic rings. The zero-order valence-electron chi connectivity index (χ0n) is 15.0. The molecule has 1 aliphatic heterocycles. The van der Waals surface area contributed by atoms with Crippen LogP contribution in [0.2, 0.25) is 0 Å². The Bertz CT molecular complexity index is 914. The minimum atomic E-state index is -0.700. The molecule has 5 nitrogen and oxygen atoms in total. The van der Waals surface area contributed by atoms with Crippen LogP contribution >= 0.6 is 0 Å². The number of halogens is 2. The first-order valence-corrected chi connectivity index (χ1v) is 8.49. The van der Waals surface area contributed by atoms with E-state index in [4.69, 9.17) is 0 Å². The van der Waals surface area contributed by atoms with Crippen LogP contribution in [-0.4, -0.2) is 41.0 Å². The van der Waals surface area contributed by atoms with Crippen molar-refractivity contribution in [3.63, 3.8) is 0 Å². The van der Waals surface area contributed by atoms with Crippen molar-refractivity contribution in [3.8, 4) is 0 Å². The van der Waals surface area contributed by atoms with E-state index in [0.29, 0.717) is 11.3 Å². The van der Waals surface area contributed by atoms with E-state index in [1.807, 2.05) is 0 Å². The molecular weight excluding hydrogens is 352 g/mol. The molecule has 0 aliphatic carbocycles. The zero-order chi connectivity index (χ0) is 19.6. The molecule has 1 atom stereocenters. The fourth-order valence-corrected chi connectivity index (χ4v) is 2.97. The third kappa shape index (κ3) is 3.86. The third-order valence-corrected chi connectivity index (χ3v) is 4.52. The average Bonchev–Trinajstić information content (AvgIpc) is 3.07. The Morgan fingerprint density at radius 1 is 1.11 bits per heavy atom. The van der Waals surface area contributed by atoms with Gasteiger partial charge in [-0.25, -0.2) is 13.8 Å². The first-order valence-electron chi connectivity index (χ1n) is 8.49. The van der Waals surface area contributed by atoms with Gasteiger partial charge in [0.25, 0.3) is 5.91 Å². The van der Waals surface area contributed by atoms with E-state index in [1.165, 1.54) is 31.0 Å². The van der Waals surface area contributed by atoms with E-state index in [2.05, 4.69) is 5.10 Å². The van der Waals surface area contributed by atoms with Crippen LogP contribution < -0.4 is 0 Å². The summed E-state index contributed by atoms with van der Waals surface area (Å²) in [6.45, 7) is 1.15. The summed E-state index contributed by atoms with van der Waals surface area (Å²) in [6, 6.07) is 11.5. The monoisotopic (exact) mass is 371 g/mol. The maximum absolute atomic E-state index is 14.4. The minimum absolute atomic E-state index is 0.178. The van der Waals surface area contributed by atoms with Crippen LogP contribution in [0.3, 0.4) is 0 Å². The number of hydrogen-bond acceptors (Lipinski definition) is 3. The van der Waals surface area contributed by atoms with Crippen LogP contribution in [0.1, 0.15) is 30.5 Å². The summed E-state index contributed by atoms with van der Waals surface area (Å²) in [6.07, 6.45) is 0.178. The standard InChI is InChI=1S/C20H19F2N3O2/c1-13(26)24(2)12-20(27)25-19(15-8-4-6-10-17(15)22)11-18(23-25)14-7-3-5-9-16(14)21/h3-10,19H,11-12H2,1-2H3. The van der Waals surface area contributed by atoms with Gasteiger partial charge in [-0.3, -0.25) is 9.59 Å². The zero-order valence-corrected chi connectivity index (χ0v) is 15.0. The number of benzene rings is 2. The average molecular weight is 371 g/mol. The van der Waals surface area contributed by atoms with Crippen molar-refractivity contribution < 1.29 is 18.4 Å². The second-order valence-corrected chi connectivity index (χ2v) is 6.38. The second kappa shape index (κ2) is 7.65. The predicted octanol–water partition coefficient (Wildman–Crippen LogP) is 3.12. The van der Waals surface area contributed by atoms with Crippen molar-refractivity contribution in [3.05, 3.63) is 71.3 Å². The molecule has 0 radical (unpaired) electrons. The SMILES string of the molecule is CC(=O)N(C)CC(=O)N1N=C(c2ccccc2F)CC1c1ccccc1F. The van der Waals surface area contributed by atoms with E-state index in [9.17, 15) is 18.4 Å². The number of carbonyl (C=O) groups excluding carboxylic acids is 2. The Kier molecular flexibility index (Phi) is 5.30. The molecule has 27 heavy (non-hydrogen) atoms. The summed E-state index contributed by atoms with van der Waals surface area (Å²) in [5.41, 5.74) is 0.931. The number of carbonyl (C=O) groups is 2. The van der Waals surface area contributed by atoms with Gasteiger partial charge in [0.1, 0.15) is 18.2 Å². The topological polar surface area (TPSA) is 53.0 Å². The largest absolute Gasteiger partial charge is 0.337 e. The van der Waals surface area contributed by atoms with Crippen LogP contribution in [0.25, 0.3) is 0 Å². The molecule has 7 heteroatoms. The van der Waals surface area contributed by atoms with Gasteiger partial charge in [0.15, 0.2) is 0 Å². The molecule has 0 aromatic heterocycles. The van der Waals surface area contributed by atoms with Gasteiger partial charge in [-0.15, -0.1) is 0 Å². The number of hydrogen-bond donors (Lipinski definition) is 0. The number of rotatable bonds is 4. The lowest BCUT2D eigenvalue weighted by molar-refractivity contribution is -0.139. The molecule has 0 bridgehead atoms. The summed E-state index contributed by atoms with van der Waals surface area (Å²) in [4.78, 5) is 25.4. The van der Waals surface area contributed by atoms with E-state index in [1.54, 1.807) is 36.4 Å². The molecule has 0 saturated carbocycles. The Morgan fingerprint density at radius 3 is 2.37 bits per heavy atom. The molecule has 2 aromatic carbocycles. The highest BCUT2D eigenvalue weighted by Gasteiger charge is 2.35. The minimum Gasteiger partial charge on any atom is -0.337 e. The van der Waals surface area contributed by atoms with E-state index in [0.717, 1.165) is 5.01 Å². The smallest absolute Gasteiger partial charge is 0.262 e. The molecule has 0 N–H and O–H groups in total. The highest BCUT2D eigenvalue weighted by atomic mass is 19.1. The number of nitrogens with zero attached hydrogens (tertiary/aromatic N) is 3. The molecule has 140 valence electrons. The van der Waals surface area contributed by atoms with Crippen molar-refractivity contribution in [1.82, 2.24) is 9.91 Å². The van der Waals surface area contributed by atoms with E-state index >= 15 is 0 Å². The van der Waals surface area contributed by atoms with Crippen LogP contribution in [0, 0.1) is 11.6 Å². The number of hydrazone groups is 1. The van der Waals surface area contributed by atoms with E-state index in [-0.39, 0.29) is 24.4 Å². The molecule has 0 saturated heterocycles. The van der Waals surface area contributed by atoms with Gasteiger partial charge in [0, 0.05) is 31.5 Å². The first-order chi connectivity index (χ1) is 12.9. The lowest BCUT2D eigenvalue weighted by Crippen LogP contribution is -2.38. The number of amides is 2. The lowest BCUT2D eigenvalue weighted by atomic mass is 9.97. The maximum atomic E-state index is 14.4. The summed E-state index contributed by atoms with van der Waals surface area (Å²) in [5, 5.41) is 5.44. The molecule has 1 heterocycles. The fraction of sp³-hybridized carbons (Fsp3) is 0.250. The normalized spacial score (nSPS) is 16.2. The lowest BCUT2D eigenvalue weighted by Gasteiger charge is -2.24. The van der Waals surface area contributed by atoms with E-state index < -0.39 is 23.6 Å². The highest BCUT2D eigenvalue weighted by molar-refractivity contribution is 6.03. The summed E-state index contributed by atoms with van der Waals surface area (Å²) in [7, 11) is 1.50. The first kappa shape index (κ1) is 18.7. The van der Waals surface area contributed by atoms with Crippen LogP contribution in [-0.2, 0) is 9.59 Å². The Labute approximate surface area is 155 Å². The molecule has 1 aliphatic rings. The Hall–Kier alpha value is -3.09. The van der Waals surface area contributed by atoms with Gasteiger partial charge in [-0.1, -0.05) is 36.4 Å². The van der Waals surface area contributed by atoms with Gasteiger partial charge < -0.3 is 4.90 Å². The van der Waals surface area contributed by atoms with Crippen molar-refractivity contribution in [2.75, 3.05) is 13.6 Å². The summed E-state index contributed by atoms with van der Waals surface area (Å²) in [5.74, 6) is -1.67. The van der Waals surface area contributed by atoms with Gasteiger partial charge in [-0.2, -0.15) is 5.10 Å². The van der Waals surface area contributed by atoms with Crippen molar-refractivity contribution in [2.45, 2.75) is 19.4 Å². The molecule has 0 fully saturated rings. The van der Waals surface area contributed by atoms with Gasteiger partial charge in [0.05, 0.1) is 11.8 Å². The molecular formula is C20H19F2N3O2. The maximum Gasteiger partial charge on any atom is 0.262 e. The quantitative estimate of drug-likeness (QED) is 0.829. The molecule has 2 amide bonds. The van der Waals surface area contributed by atoms with Crippen molar-refractivity contribution >= 4 is 17.5 Å². The Balaban J connectivity index is 1.98. The Morgan fingerprint density at radius 2 is 1.74 bits per heavy atom. The van der Waals surface area contributed by atoms with Gasteiger partial charge in [-0.05, 0) is 12.1 Å². The molecule has 3 rings (SSSR count). The predicted molar refractivity (Wildman–Crippen MR) is 96.9 cm³/mol. The van der Waals surface area contributed by atoms with Crippen molar-refractivity contribution in [2.24, 2.45) is 5.10 Å². The van der Waals surface area contributed by atoms with Crippen LogP contribution in [0.15, 0.2) is 53.6 Å². The van der Waals surface area contributed by atoms with Crippen LogP contribution in [0.5, 0.6) is 0 Å².